The first-order valence-electron chi connectivity index (χ1n) is 7.19. The molecule has 0 saturated heterocycles. The van der Waals surface area contributed by atoms with E-state index in [1.807, 2.05) is 24.3 Å². The molecule has 0 saturated carbocycles. The van der Waals surface area contributed by atoms with Gasteiger partial charge >= 0.3 is 6.18 Å². The second kappa shape index (κ2) is 6.44. The van der Waals surface area contributed by atoms with E-state index in [4.69, 9.17) is 5.11 Å². The van der Waals surface area contributed by atoms with Crippen molar-refractivity contribution in [2.75, 3.05) is 11.9 Å². The van der Waals surface area contributed by atoms with E-state index in [1.165, 1.54) is 6.07 Å². The summed E-state index contributed by atoms with van der Waals surface area (Å²) in [5.41, 5.74) is 1.90. The fourth-order valence-electron chi connectivity index (χ4n) is 2.21. The van der Waals surface area contributed by atoms with Crippen molar-refractivity contribution < 1.29 is 18.3 Å². The van der Waals surface area contributed by atoms with Crippen LogP contribution in [-0.4, -0.2) is 31.5 Å². The third-order valence-electron chi connectivity index (χ3n) is 3.44. The first-order valence-corrected chi connectivity index (χ1v) is 7.19. The Morgan fingerprint density at radius 2 is 1.71 bits per heavy atom. The average Bonchev–Trinajstić information content (AvgIpc) is 2.99. The maximum Gasteiger partial charge on any atom is 0.453 e. The molecular formula is C15H14F3N5O. The minimum Gasteiger partial charge on any atom is -0.392 e. The molecule has 0 atom stereocenters. The van der Waals surface area contributed by atoms with Gasteiger partial charge in [0, 0.05) is 6.54 Å². The number of aliphatic hydroxyl groups excluding tert-OH is 1. The van der Waals surface area contributed by atoms with Crippen molar-refractivity contribution in [1.29, 1.82) is 0 Å². The second-order valence-electron chi connectivity index (χ2n) is 5.16. The zero-order valence-electron chi connectivity index (χ0n) is 12.5. The SMILES string of the molecule is OCc1ccc(CCNc2ccc3nnc(C(F)(F)F)n3n2)cc1. The second-order valence-corrected chi connectivity index (χ2v) is 5.16. The zero-order chi connectivity index (χ0) is 17.2. The van der Waals surface area contributed by atoms with Crippen LogP contribution >= 0.6 is 0 Å². The van der Waals surface area contributed by atoms with Gasteiger partial charge in [-0.15, -0.1) is 15.3 Å². The van der Waals surface area contributed by atoms with Crippen LogP contribution in [0.5, 0.6) is 0 Å². The lowest BCUT2D eigenvalue weighted by molar-refractivity contribution is -0.146. The Kier molecular flexibility index (Phi) is 4.34. The van der Waals surface area contributed by atoms with E-state index in [0.717, 1.165) is 11.1 Å². The van der Waals surface area contributed by atoms with Gasteiger partial charge in [0.25, 0.3) is 5.82 Å². The average molecular weight is 337 g/mol. The summed E-state index contributed by atoms with van der Waals surface area (Å²) in [7, 11) is 0. The largest absolute Gasteiger partial charge is 0.453 e. The molecule has 0 amide bonds. The van der Waals surface area contributed by atoms with Crippen LogP contribution in [0.3, 0.4) is 0 Å². The highest BCUT2D eigenvalue weighted by Crippen LogP contribution is 2.27. The highest BCUT2D eigenvalue weighted by molar-refractivity contribution is 5.44. The Balaban J connectivity index is 1.68. The van der Waals surface area contributed by atoms with Crippen LogP contribution in [0, 0.1) is 0 Å². The quantitative estimate of drug-likeness (QED) is 0.747. The maximum absolute atomic E-state index is 12.8. The number of anilines is 1. The molecule has 24 heavy (non-hydrogen) atoms. The van der Waals surface area contributed by atoms with E-state index in [9.17, 15) is 13.2 Å². The maximum atomic E-state index is 12.8. The van der Waals surface area contributed by atoms with Crippen LogP contribution in [0.2, 0.25) is 0 Å². The van der Waals surface area contributed by atoms with E-state index in [1.54, 1.807) is 6.07 Å². The van der Waals surface area contributed by atoms with Gasteiger partial charge in [-0.2, -0.15) is 17.7 Å². The summed E-state index contributed by atoms with van der Waals surface area (Å²) in [5, 5.41) is 22.4. The first-order chi connectivity index (χ1) is 11.5. The van der Waals surface area contributed by atoms with Gasteiger partial charge in [0.2, 0.25) is 0 Å². The molecule has 126 valence electrons. The van der Waals surface area contributed by atoms with Gasteiger partial charge in [0.05, 0.1) is 6.61 Å². The number of aromatic nitrogens is 4. The molecule has 2 heterocycles. The van der Waals surface area contributed by atoms with Gasteiger partial charge in [0.1, 0.15) is 5.82 Å². The number of rotatable bonds is 5. The molecule has 0 aliphatic rings. The summed E-state index contributed by atoms with van der Waals surface area (Å²) in [6, 6.07) is 10.4. The van der Waals surface area contributed by atoms with E-state index in [2.05, 4.69) is 20.6 Å². The van der Waals surface area contributed by atoms with Crippen LogP contribution in [0.4, 0.5) is 19.0 Å². The number of aliphatic hydroxyl groups is 1. The van der Waals surface area contributed by atoms with Crippen LogP contribution in [0.1, 0.15) is 17.0 Å². The standard InChI is InChI=1S/C15H14F3N5O/c16-15(17,18)14-21-20-13-6-5-12(22-23(13)14)19-8-7-10-1-3-11(9-24)4-2-10/h1-6,24H,7-9H2,(H,19,22). The molecule has 0 fully saturated rings. The van der Waals surface area contributed by atoms with Gasteiger partial charge in [-0.1, -0.05) is 24.3 Å². The molecule has 0 radical (unpaired) electrons. The number of halogens is 3. The first kappa shape index (κ1) is 16.2. The zero-order valence-corrected chi connectivity index (χ0v) is 12.5. The normalized spacial score (nSPS) is 11.8. The Morgan fingerprint density at radius 3 is 2.38 bits per heavy atom. The Labute approximate surface area is 135 Å². The summed E-state index contributed by atoms with van der Waals surface area (Å²) in [6.45, 7) is 0.489. The van der Waals surface area contributed by atoms with Crippen LogP contribution in [0.15, 0.2) is 36.4 Å². The third-order valence-corrected chi connectivity index (χ3v) is 3.44. The van der Waals surface area contributed by atoms with Crippen LogP contribution in [-0.2, 0) is 19.2 Å². The minimum absolute atomic E-state index is 0.0110. The van der Waals surface area contributed by atoms with E-state index >= 15 is 0 Å². The van der Waals surface area contributed by atoms with Crippen molar-refractivity contribution in [3.63, 3.8) is 0 Å². The topological polar surface area (TPSA) is 75.3 Å². The van der Waals surface area contributed by atoms with Gasteiger partial charge in [-0.25, -0.2) is 0 Å². The van der Waals surface area contributed by atoms with E-state index < -0.39 is 12.0 Å². The lowest BCUT2D eigenvalue weighted by Crippen LogP contribution is -2.14. The van der Waals surface area contributed by atoms with Gasteiger partial charge in [0.15, 0.2) is 5.65 Å². The van der Waals surface area contributed by atoms with Gasteiger partial charge < -0.3 is 10.4 Å². The number of fused-ring (bicyclic) bond motifs is 1. The number of alkyl halides is 3. The van der Waals surface area contributed by atoms with Crippen LogP contribution < -0.4 is 5.32 Å². The highest BCUT2D eigenvalue weighted by atomic mass is 19.4. The molecule has 2 N–H and O–H groups in total. The summed E-state index contributed by atoms with van der Waals surface area (Å²) in [6.07, 6.45) is -3.95. The molecule has 6 nitrogen and oxygen atoms in total. The number of hydrogen-bond acceptors (Lipinski definition) is 5. The Morgan fingerprint density at radius 1 is 1.00 bits per heavy atom. The molecule has 3 rings (SSSR count). The predicted octanol–water partition coefficient (Wildman–Crippen LogP) is 2.29. The predicted molar refractivity (Wildman–Crippen MR) is 80.3 cm³/mol. The van der Waals surface area contributed by atoms with Crippen molar-refractivity contribution in [2.45, 2.75) is 19.2 Å². The molecular weight excluding hydrogens is 323 g/mol. The molecule has 3 aromatic rings. The summed E-state index contributed by atoms with van der Waals surface area (Å²) in [5.74, 6) is -0.847. The molecule has 0 bridgehead atoms. The molecule has 1 aromatic carbocycles. The molecule has 0 aliphatic carbocycles. The highest BCUT2D eigenvalue weighted by Gasteiger charge is 2.37. The number of nitrogens with one attached hydrogen (secondary N) is 1. The summed E-state index contributed by atoms with van der Waals surface area (Å²) >= 11 is 0. The third kappa shape index (κ3) is 3.46. The monoisotopic (exact) mass is 337 g/mol. The molecule has 9 heteroatoms. The summed E-state index contributed by atoms with van der Waals surface area (Å²) in [4.78, 5) is 0. The van der Waals surface area contributed by atoms with E-state index in [-0.39, 0.29) is 12.3 Å². The summed E-state index contributed by atoms with van der Waals surface area (Å²) < 4.78 is 39.1. The number of benzene rings is 1. The fourth-order valence-corrected chi connectivity index (χ4v) is 2.21. The van der Waals surface area contributed by atoms with Crippen molar-refractivity contribution >= 4 is 11.5 Å². The van der Waals surface area contributed by atoms with Crippen molar-refractivity contribution in [3.05, 3.63) is 53.3 Å². The van der Waals surface area contributed by atoms with Crippen molar-refractivity contribution in [1.82, 2.24) is 19.8 Å². The molecule has 0 aliphatic heterocycles. The Hall–Kier alpha value is -2.68. The fraction of sp³-hybridized carbons (Fsp3) is 0.267. The van der Waals surface area contributed by atoms with Gasteiger partial charge in [-0.3, -0.25) is 0 Å². The van der Waals surface area contributed by atoms with Crippen LogP contribution in [0.25, 0.3) is 5.65 Å². The smallest absolute Gasteiger partial charge is 0.392 e. The van der Waals surface area contributed by atoms with E-state index in [0.29, 0.717) is 23.3 Å². The molecule has 2 aromatic heterocycles. The number of nitrogens with zero attached hydrogens (tertiary/aromatic N) is 4. The molecule has 0 spiro atoms. The lowest BCUT2D eigenvalue weighted by Gasteiger charge is -2.08. The lowest BCUT2D eigenvalue weighted by atomic mass is 10.1. The minimum atomic E-state index is -4.61. The van der Waals surface area contributed by atoms with Crippen molar-refractivity contribution in [2.24, 2.45) is 0 Å². The molecule has 0 unspecified atom stereocenters. The van der Waals surface area contributed by atoms with Crippen molar-refractivity contribution in [3.8, 4) is 0 Å². The van der Waals surface area contributed by atoms with Gasteiger partial charge in [-0.05, 0) is 29.7 Å². The Bertz CT molecular complexity index is 829. The number of hydrogen-bond donors (Lipinski definition) is 2.